The fourth-order valence-corrected chi connectivity index (χ4v) is 1.95. The number of nitriles is 1. The van der Waals surface area contributed by atoms with Crippen molar-refractivity contribution in [2.75, 3.05) is 5.32 Å². The molecular formula is C18H16N2O3. The summed E-state index contributed by atoms with van der Waals surface area (Å²) in [4.78, 5) is 24.1. The zero-order valence-corrected chi connectivity index (χ0v) is 12.9. The molecule has 0 heterocycles. The number of esters is 1. The zero-order valence-electron chi connectivity index (χ0n) is 12.9. The molecule has 23 heavy (non-hydrogen) atoms. The van der Waals surface area contributed by atoms with Crippen molar-refractivity contribution in [1.29, 1.82) is 5.26 Å². The van der Waals surface area contributed by atoms with Gasteiger partial charge in [-0.25, -0.2) is 4.79 Å². The van der Waals surface area contributed by atoms with Crippen LogP contribution in [0.5, 0.6) is 0 Å². The minimum atomic E-state index is -0.933. The predicted octanol–water partition coefficient (Wildman–Crippen LogP) is 3.05. The molecule has 0 saturated heterocycles. The maximum absolute atomic E-state index is 12.1. The molecule has 0 aliphatic rings. The summed E-state index contributed by atoms with van der Waals surface area (Å²) in [6.07, 6.45) is -0.933. The number of hydrogen-bond acceptors (Lipinski definition) is 4. The largest absolute Gasteiger partial charge is 0.449 e. The van der Waals surface area contributed by atoms with Crippen molar-refractivity contribution < 1.29 is 14.3 Å². The number of nitrogens with zero attached hydrogens (tertiary/aromatic N) is 1. The van der Waals surface area contributed by atoms with Gasteiger partial charge in [0.25, 0.3) is 5.91 Å². The van der Waals surface area contributed by atoms with Crippen molar-refractivity contribution in [3.05, 3.63) is 65.2 Å². The summed E-state index contributed by atoms with van der Waals surface area (Å²) in [5, 5.41) is 11.4. The fourth-order valence-electron chi connectivity index (χ4n) is 1.95. The van der Waals surface area contributed by atoms with Crippen molar-refractivity contribution in [2.24, 2.45) is 0 Å². The lowest BCUT2D eigenvalue weighted by Gasteiger charge is -2.14. The Bertz CT molecular complexity index is 761. The number of nitrogens with one attached hydrogen (secondary N) is 1. The molecule has 1 amide bonds. The number of ether oxygens (including phenoxy) is 1. The molecule has 1 N–H and O–H groups in total. The Hall–Kier alpha value is -3.13. The molecule has 5 nitrogen and oxygen atoms in total. The Labute approximate surface area is 134 Å². The smallest absolute Gasteiger partial charge is 0.339 e. The summed E-state index contributed by atoms with van der Waals surface area (Å²) in [5.74, 6) is -0.970. The van der Waals surface area contributed by atoms with Crippen molar-refractivity contribution in [3.63, 3.8) is 0 Å². The van der Waals surface area contributed by atoms with Gasteiger partial charge in [-0.3, -0.25) is 4.79 Å². The third-order valence-electron chi connectivity index (χ3n) is 3.30. The molecule has 1 atom stereocenters. The Morgan fingerprint density at radius 3 is 2.39 bits per heavy atom. The van der Waals surface area contributed by atoms with Gasteiger partial charge in [0.2, 0.25) is 0 Å². The molecule has 0 radical (unpaired) electrons. The molecule has 0 aliphatic heterocycles. The quantitative estimate of drug-likeness (QED) is 0.880. The van der Waals surface area contributed by atoms with Crippen molar-refractivity contribution in [1.82, 2.24) is 0 Å². The van der Waals surface area contributed by atoms with E-state index < -0.39 is 18.0 Å². The lowest BCUT2D eigenvalue weighted by molar-refractivity contribution is -0.123. The maximum Gasteiger partial charge on any atom is 0.339 e. The van der Waals surface area contributed by atoms with Crippen molar-refractivity contribution in [3.8, 4) is 6.07 Å². The highest BCUT2D eigenvalue weighted by Gasteiger charge is 2.19. The highest BCUT2D eigenvalue weighted by Crippen LogP contribution is 2.12. The number of carbonyl (C=O) groups is 2. The third-order valence-corrected chi connectivity index (χ3v) is 3.30. The molecule has 2 aromatic carbocycles. The molecule has 0 fully saturated rings. The van der Waals surface area contributed by atoms with Crippen LogP contribution < -0.4 is 5.32 Å². The van der Waals surface area contributed by atoms with Gasteiger partial charge in [-0.2, -0.15) is 5.26 Å². The van der Waals surface area contributed by atoms with Gasteiger partial charge in [-0.1, -0.05) is 18.2 Å². The molecule has 2 aromatic rings. The van der Waals surface area contributed by atoms with Gasteiger partial charge in [0.1, 0.15) is 0 Å². The Kier molecular flexibility index (Phi) is 5.11. The molecular weight excluding hydrogens is 292 g/mol. The number of aryl methyl sites for hydroxylation is 1. The zero-order chi connectivity index (χ0) is 16.8. The number of amides is 1. The Balaban J connectivity index is 1.98. The van der Waals surface area contributed by atoms with E-state index in [1.165, 1.54) is 6.92 Å². The standard InChI is InChI=1S/C18H16N2O3/c1-12-5-3-4-6-16(12)18(22)23-13(2)17(21)20-15-9-7-14(11-19)8-10-15/h3-10,13H,1-2H3,(H,20,21)/t13-/m0/s1. The van der Waals surface area contributed by atoms with Gasteiger partial charge in [-0.15, -0.1) is 0 Å². The summed E-state index contributed by atoms with van der Waals surface area (Å²) in [5.41, 5.74) is 2.26. The normalized spacial score (nSPS) is 11.2. The number of carbonyl (C=O) groups excluding carboxylic acids is 2. The SMILES string of the molecule is Cc1ccccc1C(=O)O[C@@H](C)C(=O)Nc1ccc(C#N)cc1. The molecule has 116 valence electrons. The molecule has 0 spiro atoms. The van der Waals surface area contributed by atoms with Gasteiger partial charge < -0.3 is 10.1 Å². The highest BCUT2D eigenvalue weighted by atomic mass is 16.5. The van der Waals surface area contributed by atoms with Crippen LogP contribution in [0.2, 0.25) is 0 Å². The van der Waals surface area contributed by atoms with Crippen LogP contribution in [0.4, 0.5) is 5.69 Å². The van der Waals surface area contributed by atoms with E-state index in [1.807, 2.05) is 12.1 Å². The minimum Gasteiger partial charge on any atom is -0.449 e. The van der Waals surface area contributed by atoms with E-state index >= 15 is 0 Å². The molecule has 0 unspecified atom stereocenters. The summed E-state index contributed by atoms with van der Waals surface area (Å²) in [7, 11) is 0. The average Bonchev–Trinajstić information content (AvgIpc) is 2.55. The second kappa shape index (κ2) is 7.23. The summed E-state index contributed by atoms with van der Waals surface area (Å²) >= 11 is 0. The van der Waals surface area contributed by atoms with Gasteiger partial charge >= 0.3 is 5.97 Å². The third kappa shape index (κ3) is 4.17. The van der Waals surface area contributed by atoms with Gasteiger partial charge in [0.15, 0.2) is 6.10 Å². The van der Waals surface area contributed by atoms with Crippen LogP contribution in [-0.2, 0) is 9.53 Å². The van der Waals surface area contributed by atoms with Crippen LogP contribution in [0.1, 0.15) is 28.4 Å². The van der Waals surface area contributed by atoms with Gasteiger partial charge in [0, 0.05) is 5.69 Å². The number of hydrogen-bond donors (Lipinski definition) is 1. The van der Waals surface area contributed by atoms with E-state index in [2.05, 4.69) is 5.32 Å². The van der Waals surface area contributed by atoms with E-state index in [1.54, 1.807) is 49.4 Å². The van der Waals surface area contributed by atoms with Gasteiger partial charge in [0.05, 0.1) is 17.2 Å². The first-order valence-electron chi connectivity index (χ1n) is 7.09. The van der Waals surface area contributed by atoms with Crippen LogP contribution in [0.15, 0.2) is 48.5 Å². The van der Waals surface area contributed by atoms with Crippen LogP contribution in [0, 0.1) is 18.3 Å². The lowest BCUT2D eigenvalue weighted by Crippen LogP contribution is -2.30. The number of anilines is 1. The number of benzene rings is 2. The van der Waals surface area contributed by atoms with Crippen LogP contribution >= 0.6 is 0 Å². The second-order valence-electron chi connectivity index (χ2n) is 5.04. The van der Waals surface area contributed by atoms with E-state index in [-0.39, 0.29) is 0 Å². The van der Waals surface area contributed by atoms with E-state index in [4.69, 9.17) is 10.00 Å². The van der Waals surface area contributed by atoms with E-state index in [0.717, 1.165) is 5.56 Å². The Morgan fingerprint density at radius 1 is 1.13 bits per heavy atom. The molecule has 2 rings (SSSR count). The minimum absolute atomic E-state index is 0.434. The molecule has 0 bridgehead atoms. The molecule has 5 heteroatoms. The predicted molar refractivity (Wildman–Crippen MR) is 85.8 cm³/mol. The second-order valence-corrected chi connectivity index (χ2v) is 5.04. The molecule has 0 aliphatic carbocycles. The summed E-state index contributed by atoms with van der Waals surface area (Å²) in [6, 6.07) is 15.5. The summed E-state index contributed by atoms with van der Waals surface area (Å²) < 4.78 is 5.19. The topological polar surface area (TPSA) is 79.2 Å². The number of rotatable bonds is 4. The first-order chi connectivity index (χ1) is 11.0. The van der Waals surface area contributed by atoms with Crippen molar-refractivity contribution in [2.45, 2.75) is 20.0 Å². The lowest BCUT2D eigenvalue weighted by atomic mass is 10.1. The van der Waals surface area contributed by atoms with E-state index in [9.17, 15) is 9.59 Å². The highest BCUT2D eigenvalue weighted by molar-refractivity contribution is 5.97. The maximum atomic E-state index is 12.1. The average molecular weight is 308 g/mol. The Morgan fingerprint density at radius 2 is 1.78 bits per heavy atom. The monoisotopic (exact) mass is 308 g/mol. The molecule has 0 saturated carbocycles. The van der Waals surface area contributed by atoms with Crippen LogP contribution in [0.3, 0.4) is 0 Å². The van der Waals surface area contributed by atoms with Gasteiger partial charge in [-0.05, 0) is 49.7 Å². The fraction of sp³-hybridized carbons (Fsp3) is 0.167. The molecule has 0 aromatic heterocycles. The first-order valence-corrected chi connectivity index (χ1v) is 7.09. The van der Waals surface area contributed by atoms with Crippen LogP contribution in [-0.4, -0.2) is 18.0 Å². The van der Waals surface area contributed by atoms with Crippen molar-refractivity contribution >= 4 is 17.6 Å². The van der Waals surface area contributed by atoms with E-state index in [0.29, 0.717) is 16.8 Å². The first kappa shape index (κ1) is 16.2. The van der Waals surface area contributed by atoms with Crippen LogP contribution in [0.25, 0.3) is 0 Å². The summed E-state index contributed by atoms with van der Waals surface area (Å²) in [6.45, 7) is 3.31.